The Morgan fingerprint density at radius 3 is 2.56 bits per heavy atom. The van der Waals surface area contributed by atoms with Crippen molar-refractivity contribution >= 4 is 29.3 Å². The molecule has 4 nitrogen and oxygen atoms in total. The van der Waals surface area contributed by atoms with E-state index in [-0.39, 0.29) is 17.8 Å². The summed E-state index contributed by atoms with van der Waals surface area (Å²) in [5.41, 5.74) is 0. The molecule has 0 spiro atoms. The number of rotatable bonds is 8. The summed E-state index contributed by atoms with van der Waals surface area (Å²) in [5, 5.41) is 0.409. The second-order valence-corrected chi connectivity index (χ2v) is 8.17. The van der Waals surface area contributed by atoms with Gasteiger partial charge in [-0.3, -0.25) is 9.69 Å². The van der Waals surface area contributed by atoms with E-state index >= 15 is 0 Å². The maximum atomic E-state index is 12.6. The van der Waals surface area contributed by atoms with Crippen LogP contribution < -0.4 is 0 Å². The van der Waals surface area contributed by atoms with Crippen LogP contribution in [0.3, 0.4) is 0 Å². The van der Waals surface area contributed by atoms with E-state index in [0.717, 1.165) is 4.90 Å². The van der Waals surface area contributed by atoms with E-state index in [2.05, 4.69) is 9.64 Å². The van der Waals surface area contributed by atoms with Gasteiger partial charge >= 0.3 is 6.18 Å². The molecule has 1 saturated heterocycles. The van der Waals surface area contributed by atoms with Gasteiger partial charge in [-0.15, -0.1) is 11.8 Å². The van der Waals surface area contributed by atoms with Gasteiger partial charge in [-0.25, -0.2) is 0 Å². The average Bonchev–Trinajstić information content (AvgIpc) is 2.62. The first kappa shape index (κ1) is 22.3. The highest BCUT2D eigenvalue weighted by molar-refractivity contribution is 8.00. The quantitative estimate of drug-likeness (QED) is 0.467. The number of carbonyl (C=O) groups excluding carboxylic acids is 1. The van der Waals surface area contributed by atoms with Crippen LogP contribution in [-0.2, 0) is 9.53 Å². The zero-order valence-corrected chi connectivity index (χ0v) is 16.7. The summed E-state index contributed by atoms with van der Waals surface area (Å²) >= 11 is 7.60. The third-order valence-corrected chi connectivity index (χ3v) is 5.81. The number of benzene rings is 1. The number of amides is 1. The smallest absolute Gasteiger partial charge is 0.372 e. The minimum absolute atomic E-state index is 0.0769. The van der Waals surface area contributed by atoms with E-state index in [4.69, 9.17) is 11.6 Å². The number of alkyl halides is 3. The van der Waals surface area contributed by atoms with Gasteiger partial charge in [-0.05, 0) is 25.5 Å². The van der Waals surface area contributed by atoms with Crippen molar-refractivity contribution in [3.63, 3.8) is 0 Å². The maximum absolute atomic E-state index is 12.6. The SMILES string of the molecule is CC(Sc1ccccc1Cl)C(=O)N1CCN(CCCOCC(F)(F)F)CC1. The molecule has 0 bridgehead atoms. The van der Waals surface area contributed by atoms with Crippen LogP contribution in [0.2, 0.25) is 5.02 Å². The average molecular weight is 425 g/mol. The monoisotopic (exact) mass is 424 g/mol. The van der Waals surface area contributed by atoms with Crippen molar-refractivity contribution in [3.05, 3.63) is 29.3 Å². The van der Waals surface area contributed by atoms with Crippen molar-refractivity contribution in [2.75, 3.05) is 45.9 Å². The molecule has 1 aromatic rings. The van der Waals surface area contributed by atoms with Crippen LogP contribution in [0.4, 0.5) is 13.2 Å². The first-order valence-corrected chi connectivity index (χ1v) is 10.1. The molecular formula is C18H24ClF3N2O2S. The molecule has 2 rings (SSSR count). The number of piperazine rings is 1. The molecule has 1 unspecified atom stereocenters. The van der Waals surface area contributed by atoms with Gasteiger partial charge < -0.3 is 9.64 Å². The van der Waals surface area contributed by atoms with Crippen LogP contribution >= 0.6 is 23.4 Å². The van der Waals surface area contributed by atoms with Gasteiger partial charge in [0.25, 0.3) is 0 Å². The highest BCUT2D eigenvalue weighted by Gasteiger charge is 2.28. The van der Waals surface area contributed by atoms with Crippen LogP contribution in [0.25, 0.3) is 0 Å². The Hall–Kier alpha value is -0.960. The largest absolute Gasteiger partial charge is 0.411 e. The molecule has 9 heteroatoms. The van der Waals surface area contributed by atoms with Crippen molar-refractivity contribution in [2.24, 2.45) is 0 Å². The molecule has 1 aliphatic rings. The number of hydrogen-bond acceptors (Lipinski definition) is 4. The number of nitrogens with zero attached hydrogens (tertiary/aromatic N) is 2. The normalized spacial score (nSPS) is 17.1. The summed E-state index contributed by atoms with van der Waals surface area (Å²) in [6, 6.07) is 7.45. The van der Waals surface area contributed by atoms with Gasteiger partial charge in [-0.1, -0.05) is 23.7 Å². The molecule has 1 aromatic carbocycles. The number of carbonyl (C=O) groups is 1. The highest BCUT2D eigenvalue weighted by Crippen LogP contribution is 2.30. The summed E-state index contributed by atoms with van der Waals surface area (Å²) in [6.45, 7) is 4.11. The van der Waals surface area contributed by atoms with E-state index in [9.17, 15) is 18.0 Å². The Labute approximate surface area is 167 Å². The van der Waals surface area contributed by atoms with Gasteiger partial charge in [0.1, 0.15) is 6.61 Å². The van der Waals surface area contributed by atoms with E-state index in [0.29, 0.717) is 44.2 Å². The Morgan fingerprint density at radius 1 is 1.26 bits per heavy atom. The summed E-state index contributed by atoms with van der Waals surface area (Å²) in [4.78, 5) is 17.5. The lowest BCUT2D eigenvalue weighted by Crippen LogP contribution is -2.50. The molecule has 1 heterocycles. The minimum atomic E-state index is -4.27. The second kappa shape index (κ2) is 10.5. The molecule has 1 fully saturated rings. The van der Waals surface area contributed by atoms with Gasteiger partial charge in [0.15, 0.2) is 0 Å². The van der Waals surface area contributed by atoms with Gasteiger partial charge in [-0.2, -0.15) is 13.2 Å². The van der Waals surface area contributed by atoms with E-state index < -0.39 is 12.8 Å². The topological polar surface area (TPSA) is 32.8 Å². The molecule has 1 amide bonds. The number of thioether (sulfide) groups is 1. The Bertz CT molecular complexity index is 611. The molecule has 1 aliphatic heterocycles. The van der Waals surface area contributed by atoms with Crippen molar-refractivity contribution in [2.45, 2.75) is 29.7 Å². The van der Waals surface area contributed by atoms with Crippen molar-refractivity contribution < 1.29 is 22.7 Å². The number of halogens is 4. The van der Waals surface area contributed by atoms with Crippen molar-refractivity contribution in [1.29, 1.82) is 0 Å². The third kappa shape index (κ3) is 7.89. The van der Waals surface area contributed by atoms with E-state index in [1.807, 2.05) is 30.0 Å². The van der Waals surface area contributed by atoms with Crippen molar-refractivity contribution in [1.82, 2.24) is 9.80 Å². The minimum Gasteiger partial charge on any atom is -0.372 e. The van der Waals surface area contributed by atoms with Crippen molar-refractivity contribution in [3.8, 4) is 0 Å². The van der Waals surface area contributed by atoms with Gasteiger partial charge in [0.2, 0.25) is 5.91 Å². The molecule has 0 radical (unpaired) electrons. The molecule has 27 heavy (non-hydrogen) atoms. The summed E-state index contributed by atoms with van der Waals surface area (Å²) in [7, 11) is 0. The lowest BCUT2D eigenvalue weighted by molar-refractivity contribution is -0.174. The molecule has 1 atom stereocenters. The standard InChI is InChI=1S/C18H24ClF3N2O2S/c1-14(27-16-6-3-2-5-15(16)19)17(25)24-10-8-23(9-11-24)7-4-12-26-13-18(20,21)22/h2-3,5-6,14H,4,7-13H2,1H3. The molecule has 152 valence electrons. The molecule has 0 aromatic heterocycles. The first-order chi connectivity index (χ1) is 12.8. The fraction of sp³-hybridized carbons (Fsp3) is 0.611. The lowest BCUT2D eigenvalue weighted by Gasteiger charge is -2.35. The molecule has 0 saturated carbocycles. The zero-order valence-electron chi connectivity index (χ0n) is 15.2. The molecule has 0 aliphatic carbocycles. The predicted molar refractivity (Wildman–Crippen MR) is 101 cm³/mol. The fourth-order valence-corrected chi connectivity index (χ4v) is 4.05. The summed E-state index contributed by atoms with van der Waals surface area (Å²) in [5.74, 6) is 0.0769. The van der Waals surface area contributed by atoms with Crippen LogP contribution in [0.1, 0.15) is 13.3 Å². The third-order valence-electron chi connectivity index (χ3n) is 4.20. The highest BCUT2D eigenvalue weighted by atomic mass is 35.5. The van der Waals surface area contributed by atoms with Crippen LogP contribution in [0.5, 0.6) is 0 Å². The Kier molecular flexibility index (Phi) is 8.72. The first-order valence-electron chi connectivity index (χ1n) is 8.83. The molecule has 0 N–H and O–H groups in total. The van der Waals surface area contributed by atoms with Crippen LogP contribution in [-0.4, -0.2) is 73.1 Å². The van der Waals surface area contributed by atoms with Gasteiger partial charge in [0, 0.05) is 44.2 Å². The van der Waals surface area contributed by atoms with Gasteiger partial charge in [0.05, 0.1) is 10.3 Å². The molecular weight excluding hydrogens is 401 g/mol. The lowest BCUT2D eigenvalue weighted by atomic mass is 10.2. The summed E-state index contributed by atoms with van der Waals surface area (Å²) in [6.07, 6.45) is -3.73. The Morgan fingerprint density at radius 2 is 1.93 bits per heavy atom. The number of hydrogen-bond donors (Lipinski definition) is 0. The van der Waals surface area contributed by atoms with Crippen LogP contribution in [0, 0.1) is 0 Å². The summed E-state index contributed by atoms with van der Waals surface area (Å²) < 4.78 is 40.6. The maximum Gasteiger partial charge on any atom is 0.411 e. The predicted octanol–water partition coefficient (Wildman–Crippen LogP) is 3.93. The van der Waals surface area contributed by atoms with Crippen LogP contribution in [0.15, 0.2) is 29.2 Å². The number of ether oxygens (including phenoxy) is 1. The fourth-order valence-electron chi connectivity index (χ4n) is 2.81. The van der Waals surface area contributed by atoms with E-state index in [1.54, 1.807) is 6.07 Å². The second-order valence-electron chi connectivity index (χ2n) is 6.38. The Balaban J connectivity index is 1.67. The zero-order chi connectivity index (χ0) is 19.9. The van der Waals surface area contributed by atoms with E-state index in [1.165, 1.54) is 11.8 Å².